The molecule has 0 spiro atoms. The molecule has 0 aliphatic carbocycles. The van der Waals surface area contributed by atoms with Gasteiger partial charge in [-0.05, 0) is 18.1 Å². The summed E-state index contributed by atoms with van der Waals surface area (Å²) < 4.78 is 0. The zero-order chi connectivity index (χ0) is 10.9. The van der Waals surface area contributed by atoms with E-state index in [4.69, 9.17) is 5.73 Å². The minimum Gasteiger partial charge on any atom is -0.384 e. The Kier molecular flexibility index (Phi) is 5.23. The predicted molar refractivity (Wildman–Crippen MR) is 66.9 cm³/mol. The molecule has 15 heavy (non-hydrogen) atoms. The summed E-state index contributed by atoms with van der Waals surface area (Å²) >= 11 is 0. The molecule has 1 rings (SSSR count). The molecular weight excluding hydrogens is 184 g/mol. The lowest BCUT2D eigenvalue weighted by atomic mass is 10.2. The molecule has 0 saturated heterocycles. The number of aliphatic imine (C=N–C) groups is 1. The summed E-state index contributed by atoms with van der Waals surface area (Å²) in [6.45, 7) is 2.97. The maximum absolute atomic E-state index is 5.73. The first-order chi connectivity index (χ1) is 7.33. The van der Waals surface area contributed by atoms with Crippen molar-refractivity contribution in [2.45, 2.75) is 19.8 Å². The van der Waals surface area contributed by atoms with Gasteiger partial charge in [0.25, 0.3) is 0 Å². The van der Waals surface area contributed by atoms with Crippen molar-refractivity contribution < 1.29 is 0 Å². The summed E-state index contributed by atoms with van der Waals surface area (Å²) in [7, 11) is 0. The van der Waals surface area contributed by atoms with E-state index in [0.29, 0.717) is 5.84 Å². The van der Waals surface area contributed by atoms with Gasteiger partial charge in [-0.25, -0.2) is 0 Å². The normalized spacial score (nSPS) is 12.2. The number of hydrogen-bond donors (Lipinski definition) is 1. The van der Waals surface area contributed by atoms with Crippen LogP contribution in [0.15, 0.2) is 41.4 Å². The Labute approximate surface area is 91.5 Å². The van der Waals surface area contributed by atoms with Crippen LogP contribution >= 0.6 is 0 Å². The molecule has 0 bridgehead atoms. The molecule has 1 aromatic rings. The molecule has 2 nitrogen and oxygen atoms in total. The van der Waals surface area contributed by atoms with Crippen molar-refractivity contribution in [2.75, 3.05) is 6.54 Å². The van der Waals surface area contributed by atoms with Crippen LogP contribution in [-0.2, 0) is 0 Å². The molecule has 0 atom stereocenters. The fraction of sp³-hybridized carbons (Fsp3) is 0.308. The van der Waals surface area contributed by atoms with E-state index >= 15 is 0 Å². The maximum Gasteiger partial charge on any atom is 0.118 e. The first-order valence-electron chi connectivity index (χ1n) is 5.36. The van der Waals surface area contributed by atoms with Gasteiger partial charge in [0, 0.05) is 6.54 Å². The highest BCUT2D eigenvalue weighted by Gasteiger charge is 1.86. The molecular formula is C13H18N2. The molecule has 0 amide bonds. The number of amidine groups is 1. The smallest absolute Gasteiger partial charge is 0.118 e. The lowest BCUT2D eigenvalue weighted by molar-refractivity contribution is 0.808. The first-order valence-corrected chi connectivity index (χ1v) is 5.36. The van der Waals surface area contributed by atoms with E-state index < -0.39 is 0 Å². The van der Waals surface area contributed by atoms with E-state index in [2.05, 4.69) is 11.9 Å². The SMILES string of the molecule is CCCCN=C(N)/C=C/c1ccccc1. The third kappa shape index (κ3) is 5.01. The number of rotatable bonds is 5. The molecule has 1 aromatic carbocycles. The van der Waals surface area contributed by atoms with Gasteiger partial charge < -0.3 is 5.73 Å². The van der Waals surface area contributed by atoms with Gasteiger partial charge in [-0.2, -0.15) is 0 Å². The lowest BCUT2D eigenvalue weighted by Gasteiger charge is -1.94. The van der Waals surface area contributed by atoms with Crippen molar-refractivity contribution in [3.05, 3.63) is 42.0 Å². The fourth-order valence-corrected chi connectivity index (χ4v) is 1.16. The predicted octanol–water partition coefficient (Wildman–Crippen LogP) is 2.86. The Morgan fingerprint density at radius 1 is 1.33 bits per heavy atom. The van der Waals surface area contributed by atoms with Crippen LogP contribution in [0.25, 0.3) is 6.08 Å². The van der Waals surface area contributed by atoms with Crippen LogP contribution < -0.4 is 5.73 Å². The molecule has 0 aliphatic rings. The average Bonchev–Trinajstić information content (AvgIpc) is 2.28. The molecule has 0 radical (unpaired) electrons. The van der Waals surface area contributed by atoms with E-state index in [-0.39, 0.29) is 0 Å². The van der Waals surface area contributed by atoms with Crippen LogP contribution in [0.2, 0.25) is 0 Å². The van der Waals surface area contributed by atoms with Crippen LogP contribution in [0.3, 0.4) is 0 Å². The van der Waals surface area contributed by atoms with Crippen molar-refractivity contribution in [3.8, 4) is 0 Å². The second-order valence-corrected chi connectivity index (χ2v) is 3.40. The summed E-state index contributed by atoms with van der Waals surface area (Å²) in [6.07, 6.45) is 6.08. The Balaban J connectivity index is 2.47. The molecule has 0 fully saturated rings. The Morgan fingerprint density at radius 2 is 2.07 bits per heavy atom. The van der Waals surface area contributed by atoms with E-state index in [1.54, 1.807) is 0 Å². The van der Waals surface area contributed by atoms with Gasteiger partial charge in [0.2, 0.25) is 0 Å². The number of unbranched alkanes of at least 4 members (excludes halogenated alkanes) is 1. The van der Waals surface area contributed by atoms with Crippen molar-refractivity contribution in [3.63, 3.8) is 0 Å². The van der Waals surface area contributed by atoms with Gasteiger partial charge in [-0.15, -0.1) is 0 Å². The summed E-state index contributed by atoms with van der Waals surface area (Å²) in [5, 5.41) is 0. The van der Waals surface area contributed by atoms with E-state index in [1.807, 2.05) is 42.5 Å². The van der Waals surface area contributed by atoms with Crippen LogP contribution in [0.5, 0.6) is 0 Å². The maximum atomic E-state index is 5.73. The molecule has 0 aliphatic heterocycles. The van der Waals surface area contributed by atoms with Gasteiger partial charge >= 0.3 is 0 Å². The van der Waals surface area contributed by atoms with Crippen LogP contribution in [0, 0.1) is 0 Å². The molecule has 0 unspecified atom stereocenters. The first kappa shape index (κ1) is 11.5. The van der Waals surface area contributed by atoms with E-state index in [1.165, 1.54) is 0 Å². The summed E-state index contributed by atoms with van der Waals surface area (Å²) in [5.74, 6) is 0.604. The highest BCUT2D eigenvalue weighted by atomic mass is 14.8. The molecule has 0 heterocycles. The standard InChI is InChI=1S/C13H18N2/c1-2-3-11-15-13(14)10-9-12-7-5-4-6-8-12/h4-10H,2-3,11H2,1H3,(H2,14,15)/b10-9+. The minimum atomic E-state index is 0.604. The number of nitrogens with zero attached hydrogens (tertiary/aromatic N) is 1. The van der Waals surface area contributed by atoms with Crippen LogP contribution in [0.4, 0.5) is 0 Å². The van der Waals surface area contributed by atoms with E-state index in [0.717, 1.165) is 24.9 Å². The zero-order valence-electron chi connectivity index (χ0n) is 9.19. The molecule has 0 aromatic heterocycles. The second kappa shape index (κ2) is 6.82. The van der Waals surface area contributed by atoms with Crippen LogP contribution in [-0.4, -0.2) is 12.4 Å². The Hall–Kier alpha value is -1.57. The summed E-state index contributed by atoms with van der Waals surface area (Å²) in [4.78, 5) is 4.24. The van der Waals surface area contributed by atoms with Gasteiger partial charge in [0.1, 0.15) is 5.84 Å². The lowest BCUT2D eigenvalue weighted by Crippen LogP contribution is -2.08. The number of benzene rings is 1. The Morgan fingerprint density at radius 3 is 2.73 bits per heavy atom. The zero-order valence-corrected chi connectivity index (χ0v) is 9.19. The molecule has 0 saturated carbocycles. The van der Waals surface area contributed by atoms with Gasteiger partial charge in [-0.1, -0.05) is 49.8 Å². The van der Waals surface area contributed by atoms with Crippen molar-refractivity contribution in [2.24, 2.45) is 10.7 Å². The molecule has 2 N–H and O–H groups in total. The van der Waals surface area contributed by atoms with Crippen molar-refractivity contribution >= 4 is 11.9 Å². The largest absolute Gasteiger partial charge is 0.384 e. The van der Waals surface area contributed by atoms with E-state index in [9.17, 15) is 0 Å². The van der Waals surface area contributed by atoms with Crippen LogP contribution in [0.1, 0.15) is 25.3 Å². The summed E-state index contributed by atoms with van der Waals surface area (Å²) in [6, 6.07) is 10.1. The quantitative estimate of drug-likeness (QED) is 0.445. The topological polar surface area (TPSA) is 38.4 Å². The third-order valence-corrected chi connectivity index (χ3v) is 2.05. The fourth-order valence-electron chi connectivity index (χ4n) is 1.16. The highest BCUT2D eigenvalue weighted by Crippen LogP contribution is 2.00. The minimum absolute atomic E-state index is 0.604. The van der Waals surface area contributed by atoms with Crippen molar-refractivity contribution in [1.29, 1.82) is 0 Å². The Bertz CT molecular complexity index is 326. The van der Waals surface area contributed by atoms with Gasteiger partial charge in [0.05, 0.1) is 0 Å². The highest BCUT2D eigenvalue weighted by molar-refractivity contribution is 5.95. The number of hydrogen-bond acceptors (Lipinski definition) is 1. The van der Waals surface area contributed by atoms with Crippen molar-refractivity contribution in [1.82, 2.24) is 0 Å². The molecule has 80 valence electrons. The second-order valence-electron chi connectivity index (χ2n) is 3.40. The average molecular weight is 202 g/mol. The summed E-state index contributed by atoms with van der Waals surface area (Å²) in [5.41, 5.74) is 6.87. The monoisotopic (exact) mass is 202 g/mol. The number of nitrogens with two attached hydrogens (primary N) is 1. The molecule has 2 heteroatoms. The third-order valence-electron chi connectivity index (χ3n) is 2.05. The van der Waals surface area contributed by atoms with Gasteiger partial charge in [-0.3, -0.25) is 4.99 Å². The van der Waals surface area contributed by atoms with Gasteiger partial charge in [0.15, 0.2) is 0 Å².